The summed E-state index contributed by atoms with van der Waals surface area (Å²) in [6.45, 7) is 5.93. The molecule has 1 nitrogen and oxygen atoms in total. The van der Waals surface area contributed by atoms with Gasteiger partial charge in [-0.2, -0.15) is 95.4 Å². The zero-order chi connectivity index (χ0) is 47.9. The second kappa shape index (κ2) is 15.7. The minimum atomic E-state index is -6.12. The van der Waals surface area contributed by atoms with Crippen molar-refractivity contribution in [2.24, 2.45) is 0 Å². The lowest BCUT2D eigenvalue weighted by molar-refractivity contribution is -0.144. The molecule has 0 aliphatic heterocycles. The van der Waals surface area contributed by atoms with Crippen molar-refractivity contribution in [3.8, 4) is 0 Å². The van der Waals surface area contributed by atoms with Crippen LogP contribution >= 0.6 is 0 Å². The molecule has 0 unspecified atom stereocenters. The molecule has 0 atom stereocenters. The summed E-state index contributed by atoms with van der Waals surface area (Å²) < 4.78 is 331. The first-order valence-electron chi connectivity index (χ1n) is 17.1. The van der Waals surface area contributed by atoms with E-state index >= 15 is 17.6 Å². The zero-order valence-corrected chi connectivity index (χ0v) is 32.7. The summed E-state index contributed by atoms with van der Waals surface area (Å²) in [6, 6.07) is -6.54. The van der Waals surface area contributed by atoms with Crippen LogP contribution in [-0.2, 0) is 48.1 Å². The second-order valence-electron chi connectivity index (χ2n) is 15.6. The van der Waals surface area contributed by atoms with Gasteiger partial charge in [-0.05, 0) is 36.3 Å². The summed E-state index contributed by atoms with van der Waals surface area (Å²) in [6.07, 6.45) is -42.8. The molecule has 0 heterocycles. The lowest BCUT2D eigenvalue weighted by Crippen LogP contribution is -2.77. The van der Waals surface area contributed by atoms with E-state index in [1.807, 2.05) is 0 Å². The summed E-state index contributed by atoms with van der Waals surface area (Å²) in [5.41, 5.74) is -27.5. The van der Waals surface area contributed by atoms with Crippen LogP contribution < -0.4 is 21.9 Å². The van der Waals surface area contributed by atoms with E-state index in [9.17, 15) is 79.0 Å². The van der Waals surface area contributed by atoms with E-state index in [1.165, 1.54) is 33.9 Å². The van der Waals surface area contributed by atoms with Crippen molar-refractivity contribution in [3.63, 3.8) is 0 Å². The number of halogens is 22. The number of hydrogen-bond donors (Lipinski definition) is 0. The van der Waals surface area contributed by atoms with Crippen LogP contribution in [0.25, 0.3) is 0 Å². The molecule has 4 rings (SSSR count). The molecule has 0 fully saturated rings. The highest BCUT2D eigenvalue weighted by molar-refractivity contribution is 7.20. The average molecular weight is 943 g/mol. The van der Waals surface area contributed by atoms with E-state index in [0.29, 0.717) is 0 Å². The van der Waals surface area contributed by atoms with Crippen LogP contribution in [0.3, 0.4) is 0 Å². The SMILES string of the molecule is CC(C)(C)[Si](C)(C)OCc1c(F)c(F)c([B-](c2cc(C(F)(F)F)cc(C(F)(F)F)c2)(c2cc(C(F)(F)F)cc(C(F)(F)F)c2)c2cc(C(F)(F)F)cc(C(F)(F)F)c2)c(F)c1F. The van der Waals surface area contributed by atoms with Crippen LogP contribution in [0.2, 0.25) is 18.1 Å². The standard InChI is InChI=1S/C37H26BF22OSi/c1-31(2,3)62(4,5)61-15-25-27(39)29(41)26(30(42)28(25)40)38(22-9-16(32(43,44)45)6-17(10-22)33(46,47)48,23-11-18(34(49,50)51)7-19(12-23)35(52,53)54)24-13-20(36(55,56)57)8-21(14-24)37(58,59)60/h6-14H,15H2,1-5H3/q-1. The molecule has 0 amide bonds. The molecular formula is C37H26BF22OSi-. The maximum atomic E-state index is 17.0. The van der Waals surface area contributed by atoms with E-state index in [1.54, 1.807) is 0 Å². The van der Waals surface area contributed by atoms with Gasteiger partial charge in [0.25, 0.3) is 0 Å². The smallest absolute Gasteiger partial charge is 0.412 e. The van der Waals surface area contributed by atoms with Crippen molar-refractivity contribution in [1.29, 1.82) is 0 Å². The summed E-state index contributed by atoms with van der Waals surface area (Å²) >= 11 is 0. The number of hydrogen-bond acceptors (Lipinski definition) is 1. The molecule has 0 radical (unpaired) electrons. The third kappa shape index (κ3) is 9.71. The first-order valence-corrected chi connectivity index (χ1v) is 20.0. The Labute approximate surface area is 336 Å². The Balaban J connectivity index is 2.56. The fraction of sp³-hybridized carbons (Fsp3) is 0.351. The van der Waals surface area contributed by atoms with Gasteiger partial charge in [-0.15, -0.1) is 5.46 Å². The van der Waals surface area contributed by atoms with Crippen molar-refractivity contribution in [2.45, 2.75) is 82.6 Å². The van der Waals surface area contributed by atoms with E-state index in [0.717, 1.165) is 0 Å². The minimum absolute atomic E-state index is 0.695. The Morgan fingerprint density at radius 2 is 0.629 bits per heavy atom. The van der Waals surface area contributed by atoms with Gasteiger partial charge in [-0.3, -0.25) is 0 Å². The third-order valence-electron chi connectivity index (χ3n) is 10.5. The Hall–Kier alpha value is -4.42. The second-order valence-corrected chi connectivity index (χ2v) is 20.4. The van der Waals surface area contributed by atoms with Crippen molar-refractivity contribution in [1.82, 2.24) is 0 Å². The molecule has 0 saturated heterocycles. The fourth-order valence-electron chi connectivity index (χ4n) is 6.43. The number of benzene rings is 4. The molecule has 0 aromatic heterocycles. The first-order chi connectivity index (χ1) is 27.6. The Kier molecular flexibility index (Phi) is 12.7. The molecule has 0 spiro atoms. The Bertz CT molecular complexity index is 2030. The normalized spacial score (nSPS) is 14.2. The van der Waals surface area contributed by atoms with Gasteiger partial charge in [-0.1, -0.05) is 57.2 Å². The highest BCUT2D eigenvalue weighted by Crippen LogP contribution is 2.41. The predicted octanol–water partition coefficient (Wildman–Crippen LogP) is 12.3. The van der Waals surface area contributed by atoms with Gasteiger partial charge in [0.15, 0.2) is 20.0 Å². The van der Waals surface area contributed by atoms with E-state index < -0.39 is 202 Å². The van der Waals surface area contributed by atoms with Crippen molar-refractivity contribution in [2.75, 3.05) is 0 Å². The highest BCUT2D eigenvalue weighted by atomic mass is 28.4. The van der Waals surface area contributed by atoms with Gasteiger partial charge in [0, 0.05) is 0 Å². The maximum Gasteiger partial charge on any atom is 0.416 e. The van der Waals surface area contributed by atoms with Crippen LogP contribution in [0.4, 0.5) is 96.6 Å². The largest absolute Gasteiger partial charge is 0.416 e. The first kappa shape index (κ1) is 50.2. The number of alkyl halides is 18. The third-order valence-corrected chi connectivity index (χ3v) is 15.0. The molecule has 62 heavy (non-hydrogen) atoms. The predicted molar refractivity (Wildman–Crippen MR) is 182 cm³/mol. The fourth-order valence-corrected chi connectivity index (χ4v) is 7.37. The van der Waals surface area contributed by atoms with E-state index in [2.05, 4.69) is 0 Å². The lowest BCUT2D eigenvalue weighted by atomic mass is 9.12. The summed E-state index contributed by atoms with van der Waals surface area (Å²) in [7, 11) is -3.24. The monoisotopic (exact) mass is 943 g/mol. The number of rotatable bonds is 7. The van der Waals surface area contributed by atoms with Gasteiger partial charge in [0.05, 0.1) is 45.6 Å². The van der Waals surface area contributed by atoms with Crippen LogP contribution in [0, 0.1) is 23.3 Å². The van der Waals surface area contributed by atoms with Gasteiger partial charge in [0.1, 0.15) is 17.8 Å². The average Bonchev–Trinajstić information content (AvgIpc) is 3.09. The maximum absolute atomic E-state index is 17.0. The molecule has 0 N–H and O–H groups in total. The summed E-state index contributed by atoms with van der Waals surface area (Å²) in [5, 5.41) is -0.853. The van der Waals surface area contributed by atoms with Gasteiger partial charge < -0.3 is 4.43 Å². The molecule has 25 heteroatoms. The Morgan fingerprint density at radius 3 is 0.823 bits per heavy atom. The van der Waals surface area contributed by atoms with Crippen LogP contribution in [0.1, 0.15) is 59.7 Å². The van der Waals surface area contributed by atoms with E-state index in [-0.39, 0.29) is 0 Å². The molecular weight excluding hydrogens is 917 g/mol. The minimum Gasteiger partial charge on any atom is -0.412 e. The summed E-state index contributed by atoms with van der Waals surface area (Å²) in [4.78, 5) is 0. The van der Waals surface area contributed by atoms with E-state index in [4.69, 9.17) is 4.43 Å². The van der Waals surface area contributed by atoms with Crippen molar-refractivity contribution >= 4 is 36.3 Å². The van der Waals surface area contributed by atoms with Crippen LogP contribution in [0.5, 0.6) is 0 Å². The summed E-state index contributed by atoms with van der Waals surface area (Å²) in [5.74, 6) is -11.7. The van der Waals surface area contributed by atoms with Crippen LogP contribution in [0.15, 0.2) is 54.6 Å². The quantitative estimate of drug-likeness (QED) is 0.102. The molecule has 0 bridgehead atoms. The van der Waals surface area contributed by atoms with Crippen molar-refractivity contribution in [3.05, 3.63) is 117 Å². The molecule has 342 valence electrons. The van der Waals surface area contributed by atoms with Gasteiger partial charge in [-0.25, -0.2) is 17.6 Å². The van der Waals surface area contributed by atoms with Gasteiger partial charge in [0.2, 0.25) is 0 Å². The molecule has 0 aliphatic rings. The Morgan fingerprint density at radius 1 is 0.403 bits per heavy atom. The highest BCUT2D eigenvalue weighted by Gasteiger charge is 2.48. The van der Waals surface area contributed by atoms with Crippen molar-refractivity contribution < 1.29 is 101 Å². The molecule has 0 aliphatic carbocycles. The lowest BCUT2D eigenvalue weighted by Gasteiger charge is -2.46. The van der Waals surface area contributed by atoms with Gasteiger partial charge >= 0.3 is 37.1 Å². The topological polar surface area (TPSA) is 9.23 Å². The van der Waals surface area contributed by atoms with Crippen LogP contribution in [-0.4, -0.2) is 14.5 Å². The molecule has 4 aromatic carbocycles. The zero-order valence-electron chi connectivity index (χ0n) is 31.7. The molecule has 0 saturated carbocycles. The molecule has 4 aromatic rings.